The number of furan rings is 1. The number of ether oxygens (including phenoxy) is 1. The van der Waals surface area contributed by atoms with Crippen LogP contribution in [0, 0.1) is 37.8 Å². The molecule has 0 amide bonds. The average molecular weight is 331 g/mol. The Morgan fingerprint density at radius 3 is 2.21 bits per heavy atom. The van der Waals surface area contributed by atoms with Gasteiger partial charge in [-0.15, -0.1) is 0 Å². The van der Waals surface area contributed by atoms with Crippen LogP contribution < -0.4 is 0 Å². The van der Waals surface area contributed by atoms with Crippen molar-refractivity contribution < 1.29 is 23.7 Å². The molecule has 0 saturated carbocycles. The standard InChI is InChI=1S/C17H17NO6/c1-9-7-10(2)12(4)16(11(9)3)13(19)8-23-17(20)14-5-6-15(24-14)18(21)22/h5-7H,8H2,1-4H3. The topological polar surface area (TPSA) is 99.7 Å². The molecule has 2 rings (SSSR count). The molecule has 0 aliphatic heterocycles. The molecule has 24 heavy (non-hydrogen) atoms. The van der Waals surface area contributed by atoms with E-state index in [1.165, 1.54) is 0 Å². The van der Waals surface area contributed by atoms with Crippen LogP contribution in [0.5, 0.6) is 0 Å². The highest BCUT2D eigenvalue weighted by atomic mass is 16.7. The third-order valence-electron chi connectivity index (χ3n) is 3.95. The number of carbonyl (C=O) groups is 2. The smallest absolute Gasteiger partial charge is 0.433 e. The monoisotopic (exact) mass is 331 g/mol. The van der Waals surface area contributed by atoms with Gasteiger partial charge in [0.2, 0.25) is 11.5 Å². The molecule has 0 saturated heterocycles. The Hall–Kier alpha value is -2.96. The van der Waals surface area contributed by atoms with Crippen molar-refractivity contribution in [2.45, 2.75) is 27.7 Å². The summed E-state index contributed by atoms with van der Waals surface area (Å²) in [7, 11) is 0. The van der Waals surface area contributed by atoms with E-state index in [-0.39, 0.29) is 11.5 Å². The Morgan fingerprint density at radius 1 is 1.12 bits per heavy atom. The molecule has 1 aromatic carbocycles. The van der Waals surface area contributed by atoms with Gasteiger partial charge in [0, 0.05) is 5.56 Å². The van der Waals surface area contributed by atoms with Gasteiger partial charge in [0.1, 0.15) is 4.92 Å². The molecule has 1 heterocycles. The highest BCUT2D eigenvalue weighted by Crippen LogP contribution is 2.22. The van der Waals surface area contributed by atoms with E-state index in [4.69, 9.17) is 9.15 Å². The lowest BCUT2D eigenvalue weighted by Crippen LogP contribution is -2.17. The summed E-state index contributed by atoms with van der Waals surface area (Å²) in [6.45, 7) is 7.04. The van der Waals surface area contributed by atoms with E-state index >= 15 is 0 Å². The number of carbonyl (C=O) groups excluding carboxylic acids is 2. The lowest BCUT2D eigenvalue weighted by molar-refractivity contribution is -0.402. The Kier molecular flexibility index (Phi) is 4.82. The van der Waals surface area contributed by atoms with Gasteiger partial charge < -0.3 is 9.15 Å². The van der Waals surface area contributed by atoms with Crippen LogP contribution in [-0.4, -0.2) is 23.3 Å². The molecule has 0 atom stereocenters. The summed E-state index contributed by atoms with van der Waals surface area (Å²) in [4.78, 5) is 34.0. The lowest BCUT2D eigenvalue weighted by atomic mass is 9.92. The second-order valence-electron chi connectivity index (χ2n) is 5.53. The molecule has 0 aliphatic carbocycles. The van der Waals surface area contributed by atoms with Crippen LogP contribution in [0.3, 0.4) is 0 Å². The van der Waals surface area contributed by atoms with Crippen LogP contribution in [-0.2, 0) is 4.74 Å². The number of rotatable bonds is 5. The summed E-state index contributed by atoms with van der Waals surface area (Å²) in [5.41, 5.74) is 4.18. The van der Waals surface area contributed by atoms with E-state index in [2.05, 4.69) is 0 Å². The van der Waals surface area contributed by atoms with Gasteiger partial charge in [-0.1, -0.05) is 6.07 Å². The summed E-state index contributed by atoms with van der Waals surface area (Å²) in [6.07, 6.45) is 0. The molecule has 0 bridgehead atoms. The maximum Gasteiger partial charge on any atom is 0.433 e. The molecule has 7 nitrogen and oxygen atoms in total. The van der Waals surface area contributed by atoms with Crippen molar-refractivity contribution in [2.24, 2.45) is 0 Å². The summed E-state index contributed by atoms with van der Waals surface area (Å²) >= 11 is 0. The number of hydrogen-bond acceptors (Lipinski definition) is 6. The average Bonchev–Trinajstić information content (AvgIpc) is 3.01. The van der Waals surface area contributed by atoms with E-state index in [1.807, 2.05) is 33.8 Å². The van der Waals surface area contributed by atoms with Crippen molar-refractivity contribution >= 4 is 17.6 Å². The van der Waals surface area contributed by atoms with Crippen molar-refractivity contribution in [1.29, 1.82) is 0 Å². The molecule has 1 aromatic heterocycles. The van der Waals surface area contributed by atoms with E-state index in [0.717, 1.165) is 34.4 Å². The zero-order chi connectivity index (χ0) is 18.0. The highest BCUT2D eigenvalue weighted by Gasteiger charge is 2.21. The third-order valence-corrected chi connectivity index (χ3v) is 3.95. The SMILES string of the molecule is Cc1cc(C)c(C)c(C(=O)COC(=O)c2ccc([N+](=O)[O-])o2)c1C. The fraction of sp³-hybridized carbons (Fsp3) is 0.294. The Labute approximate surface area is 138 Å². The first kappa shape index (κ1) is 17.4. The van der Waals surface area contributed by atoms with Gasteiger partial charge in [-0.2, -0.15) is 0 Å². The Morgan fingerprint density at radius 2 is 1.71 bits per heavy atom. The van der Waals surface area contributed by atoms with Crippen molar-refractivity contribution in [1.82, 2.24) is 0 Å². The first-order valence-corrected chi connectivity index (χ1v) is 7.24. The van der Waals surface area contributed by atoms with Crippen molar-refractivity contribution in [2.75, 3.05) is 6.61 Å². The highest BCUT2D eigenvalue weighted by molar-refractivity contribution is 6.01. The minimum Gasteiger partial charge on any atom is -0.451 e. The van der Waals surface area contributed by atoms with E-state index in [9.17, 15) is 19.7 Å². The summed E-state index contributed by atoms with van der Waals surface area (Å²) in [5.74, 6) is -2.13. The molecule has 0 fully saturated rings. The number of benzene rings is 1. The molecule has 0 spiro atoms. The van der Waals surface area contributed by atoms with Gasteiger partial charge in [0.05, 0.1) is 6.07 Å². The molecule has 0 N–H and O–H groups in total. The van der Waals surface area contributed by atoms with Crippen LogP contribution in [0.4, 0.5) is 5.88 Å². The minimum absolute atomic E-state index is 0.316. The molecule has 0 aliphatic rings. The quantitative estimate of drug-likeness (QED) is 0.360. The van der Waals surface area contributed by atoms with Crippen LogP contribution in [0.2, 0.25) is 0 Å². The normalized spacial score (nSPS) is 10.5. The molecule has 0 unspecified atom stereocenters. The maximum absolute atomic E-state index is 12.4. The van der Waals surface area contributed by atoms with E-state index in [0.29, 0.717) is 5.56 Å². The first-order valence-electron chi connectivity index (χ1n) is 7.24. The van der Waals surface area contributed by atoms with E-state index in [1.54, 1.807) is 0 Å². The zero-order valence-electron chi connectivity index (χ0n) is 13.8. The minimum atomic E-state index is -0.920. The summed E-state index contributed by atoms with van der Waals surface area (Å²) in [6, 6.07) is 4.18. The largest absolute Gasteiger partial charge is 0.451 e. The van der Waals surface area contributed by atoms with Gasteiger partial charge in [-0.05, 0) is 56.0 Å². The fourth-order valence-corrected chi connectivity index (χ4v) is 2.45. The maximum atomic E-state index is 12.4. The van der Waals surface area contributed by atoms with Crippen molar-refractivity contribution in [3.8, 4) is 0 Å². The Balaban J connectivity index is 2.13. The first-order chi connectivity index (χ1) is 11.2. The molecule has 2 aromatic rings. The second-order valence-corrected chi connectivity index (χ2v) is 5.53. The number of aryl methyl sites for hydroxylation is 2. The van der Waals surface area contributed by atoms with E-state index < -0.39 is 23.4 Å². The van der Waals surface area contributed by atoms with Crippen LogP contribution in [0.1, 0.15) is 43.2 Å². The molecule has 126 valence electrons. The van der Waals surface area contributed by atoms with Crippen LogP contribution in [0.15, 0.2) is 22.6 Å². The zero-order valence-corrected chi connectivity index (χ0v) is 13.8. The van der Waals surface area contributed by atoms with Gasteiger partial charge in [0.25, 0.3) is 0 Å². The van der Waals surface area contributed by atoms with Gasteiger partial charge in [0.15, 0.2) is 6.61 Å². The fourth-order valence-electron chi connectivity index (χ4n) is 2.45. The predicted molar refractivity (Wildman–Crippen MR) is 85.4 cm³/mol. The van der Waals surface area contributed by atoms with Gasteiger partial charge in [-0.3, -0.25) is 14.9 Å². The molecular weight excluding hydrogens is 314 g/mol. The number of nitro groups is 1. The molecular formula is C17H17NO6. The van der Waals surface area contributed by atoms with Crippen molar-refractivity contribution in [3.63, 3.8) is 0 Å². The molecule has 7 heteroatoms. The molecule has 0 radical (unpaired) electrons. The number of nitrogens with zero attached hydrogens (tertiary/aromatic N) is 1. The number of esters is 1. The number of ketones is 1. The van der Waals surface area contributed by atoms with Crippen molar-refractivity contribution in [3.05, 3.63) is 61.9 Å². The van der Waals surface area contributed by atoms with Gasteiger partial charge >= 0.3 is 11.9 Å². The lowest BCUT2D eigenvalue weighted by Gasteiger charge is -2.14. The second kappa shape index (κ2) is 6.66. The Bertz CT molecular complexity index is 808. The van der Waals surface area contributed by atoms with Crippen LogP contribution >= 0.6 is 0 Å². The van der Waals surface area contributed by atoms with Gasteiger partial charge in [-0.25, -0.2) is 4.79 Å². The third kappa shape index (κ3) is 3.34. The number of hydrogen-bond donors (Lipinski definition) is 0. The van der Waals surface area contributed by atoms with Crippen LogP contribution in [0.25, 0.3) is 0 Å². The summed E-state index contributed by atoms with van der Waals surface area (Å²) in [5, 5.41) is 10.5. The summed E-state index contributed by atoms with van der Waals surface area (Å²) < 4.78 is 9.67. The predicted octanol–water partition coefficient (Wildman–Crippen LogP) is 3.46. The number of Topliss-reactive ketones (excluding diaryl/α,β-unsaturated/α-hetero) is 1.